The van der Waals surface area contributed by atoms with Crippen LogP contribution in [-0.2, 0) is 20.7 Å². The molecule has 0 spiro atoms. The first-order chi connectivity index (χ1) is 20.2. The van der Waals surface area contributed by atoms with Crippen LogP contribution in [0.4, 0.5) is 8.78 Å². The van der Waals surface area contributed by atoms with Gasteiger partial charge in [0.25, 0.3) is 0 Å². The number of carbonyl (C=O) groups is 2. The number of nitrogens with zero attached hydrogens (tertiary/aromatic N) is 1. The van der Waals surface area contributed by atoms with Gasteiger partial charge in [-0.05, 0) is 66.6 Å². The van der Waals surface area contributed by atoms with Gasteiger partial charge in [0.2, 0.25) is 11.8 Å². The smallest absolute Gasteiger partial charge is 0.243 e. The number of fused-ring (bicyclic) bond motifs is 1. The average Bonchev–Trinajstić information content (AvgIpc) is 3.54. The van der Waals surface area contributed by atoms with Gasteiger partial charge in [0.1, 0.15) is 23.4 Å². The van der Waals surface area contributed by atoms with Crippen LogP contribution < -0.4 is 15.4 Å². The molecular weight excluding hydrogens is 544 g/mol. The second-order valence-electron chi connectivity index (χ2n) is 10.7. The van der Waals surface area contributed by atoms with Crippen LogP contribution in [-0.4, -0.2) is 66.8 Å². The third-order valence-electron chi connectivity index (χ3n) is 7.80. The highest BCUT2D eigenvalue weighted by Crippen LogP contribution is 2.42. The highest BCUT2D eigenvalue weighted by Gasteiger charge is 2.35. The van der Waals surface area contributed by atoms with Gasteiger partial charge in [-0.15, -0.1) is 13.2 Å². The van der Waals surface area contributed by atoms with Crippen LogP contribution in [0.1, 0.15) is 54.5 Å². The number of ether oxygens (including phenoxy) is 2. The van der Waals surface area contributed by atoms with Crippen molar-refractivity contribution in [1.29, 1.82) is 0 Å². The van der Waals surface area contributed by atoms with Crippen molar-refractivity contribution in [1.82, 2.24) is 15.5 Å². The number of carbonyl (C=O) groups excluding carboxylic acids is 2. The summed E-state index contributed by atoms with van der Waals surface area (Å²) in [5, 5.41) is 17.6. The normalized spacial score (nSPS) is 20.1. The van der Waals surface area contributed by atoms with Gasteiger partial charge in [-0.2, -0.15) is 0 Å². The summed E-state index contributed by atoms with van der Waals surface area (Å²) in [4.78, 5) is 27.4. The zero-order chi connectivity index (χ0) is 30.2. The number of aliphatic hydroxyl groups is 1. The molecule has 4 rings (SSSR count). The van der Waals surface area contributed by atoms with Crippen molar-refractivity contribution in [3.8, 4) is 5.75 Å². The van der Waals surface area contributed by atoms with Crippen molar-refractivity contribution in [2.45, 2.75) is 62.4 Å². The van der Waals surface area contributed by atoms with E-state index in [2.05, 4.69) is 23.8 Å². The number of halogens is 2. The average molecular weight is 584 g/mol. The second-order valence-corrected chi connectivity index (χ2v) is 10.7. The van der Waals surface area contributed by atoms with Crippen molar-refractivity contribution in [3.63, 3.8) is 0 Å². The Bertz CT molecular complexity index is 1270. The third-order valence-corrected chi connectivity index (χ3v) is 7.80. The molecule has 1 fully saturated rings. The zero-order valence-electron chi connectivity index (χ0n) is 23.9. The number of likely N-dealkylation sites (tertiary alicyclic amines) is 1. The van der Waals surface area contributed by atoms with E-state index in [0.717, 1.165) is 17.2 Å². The van der Waals surface area contributed by atoms with Gasteiger partial charge in [0.05, 0.1) is 32.0 Å². The van der Waals surface area contributed by atoms with Crippen molar-refractivity contribution < 1.29 is 33.0 Å². The van der Waals surface area contributed by atoms with E-state index in [1.165, 1.54) is 17.0 Å². The Hall–Kier alpha value is -3.60. The minimum Gasteiger partial charge on any atom is -0.497 e. The van der Waals surface area contributed by atoms with Gasteiger partial charge in [-0.1, -0.05) is 18.2 Å². The fourth-order valence-electron chi connectivity index (χ4n) is 5.76. The monoisotopic (exact) mass is 583 g/mol. The summed E-state index contributed by atoms with van der Waals surface area (Å²) >= 11 is 0. The van der Waals surface area contributed by atoms with Gasteiger partial charge in [0, 0.05) is 31.6 Å². The molecule has 1 aliphatic carbocycles. The quantitative estimate of drug-likeness (QED) is 0.275. The van der Waals surface area contributed by atoms with Gasteiger partial charge in [0.15, 0.2) is 0 Å². The number of hydrogen-bond donors (Lipinski definition) is 3. The lowest BCUT2D eigenvalue weighted by Gasteiger charge is -2.31. The molecule has 42 heavy (non-hydrogen) atoms. The van der Waals surface area contributed by atoms with Gasteiger partial charge in [-0.3, -0.25) is 9.59 Å². The summed E-state index contributed by atoms with van der Waals surface area (Å²) in [5.41, 5.74) is 2.26. The summed E-state index contributed by atoms with van der Waals surface area (Å²) in [7, 11) is 1.59. The van der Waals surface area contributed by atoms with Crippen molar-refractivity contribution in [2.24, 2.45) is 0 Å². The molecule has 1 heterocycles. The van der Waals surface area contributed by atoms with Crippen LogP contribution in [0, 0.1) is 11.6 Å². The maximum atomic E-state index is 14.0. The molecule has 2 aromatic carbocycles. The van der Waals surface area contributed by atoms with Crippen LogP contribution in [0.2, 0.25) is 0 Å². The van der Waals surface area contributed by atoms with Crippen LogP contribution in [0.25, 0.3) is 0 Å². The molecule has 8 nitrogen and oxygen atoms in total. The van der Waals surface area contributed by atoms with E-state index in [9.17, 15) is 23.5 Å². The molecule has 3 N–H and O–H groups in total. The molecule has 0 aromatic heterocycles. The molecule has 226 valence electrons. The van der Waals surface area contributed by atoms with Gasteiger partial charge in [-0.25, -0.2) is 8.78 Å². The van der Waals surface area contributed by atoms with E-state index in [1.807, 2.05) is 18.2 Å². The number of benzene rings is 2. The topological polar surface area (TPSA) is 100 Å². The van der Waals surface area contributed by atoms with E-state index >= 15 is 0 Å². The lowest BCUT2D eigenvalue weighted by molar-refractivity contribution is -0.138. The van der Waals surface area contributed by atoms with E-state index in [4.69, 9.17) is 9.47 Å². The summed E-state index contributed by atoms with van der Waals surface area (Å²) in [6.45, 7) is 8.35. The minimum absolute atomic E-state index is 0.0296. The number of amides is 2. The van der Waals surface area contributed by atoms with Crippen LogP contribution in [0.3, 0.4) is 0 Å². The Morgan fingerprint density at radius 2 is 1.93 bits per heavy atom. The van der Waals surface area contributed by atoms with E-state index < -0.39 is 35.7 Å². The van der Waals surface area contributed by atoms with E-state index in [-0.39, 0.29) is 43.0 Å². The van der Waals surface area contributed by atoms with Gasteiger partial charge >= 0.3 is 0 Å². The molecule has 0 radical (unpaired) electrons. The maximum absolute atomic E-state index is 14.0. The zero-order valence-corrected chi connectivity index (χ0v) is 23.9. The Balaban J connectivity index is 1.53. The Kier molecular flexibility index (Phi) is 10.8. The minimum atomic E-state index is -1.14. The molecule has 2 amide bonds. The first kappa shape index (κ1) is 31.3. The van der Waals surface area contributed by atoms with Crippen molar-refractivity contribution in [3.05, 3.63) is 90.0 Å². The van der Waals surface area contributed by atoms with Gasteiger partial charge < -0.3 is 30.1 Å². The van der Waals surface area contributed by atoms with E-state index in [1.54, 1.807) is 19.3 Å². The van der Waals surface area contributed by atoms with Crippen LogP contribution in [0.15, 0.2) is 61.7 Å². The standard InChI is InChI=1S/C32H39F2N3O5/c1-4-7-28(37-11-6-8-31(37)39)32(40)36-27(15-20-13-21(33)16-22(34)14-20)29(38)19-35-26-18-30(42-12-5-2)24-10-9-23(41-3)17-25(24)26/h4-5,9-10,13-14,16-17,26-30,35,38H,1-2,6-8,11-12,15,18-19H2,3H3,(H,36,40)/t26-,27-,28-,29+,30+/m0/s1. The predicted molar refractivity (Wildman–Crippen MR) is 155 cm³/mol. The summed E-state index contributed by atoms with van der Waals surface area (Å²) < 4.78 is 39.4. The third kappa shape index (κ3) is 7.61. The summed E-state index contributed by atoms with van der Waals surface area (Å²) in [6, 6.07) is 7.00. The van der Waals surface area contributed by atoms with Crippen LogP contribution in [0.5, 0.6) is 5.75 Å². The first-order valence-corrected chi connectivity index (χ1v) is 14.2. The first-order valence-electron chi connectivity index (χ1n) is 14.2. The predicted octanol–water partition coefficient (Wildman–Crippen LogP) is 3.91. The lowest BCUT2D eigenvalue weighted by atomic mass is 9.99. The number of methoxy groups -OCH3 is 1. The Morgan fingerprint density at radius 1 is 1.17 bits per heavy atom. The highest BCUT2D eigenvalue weighted by atomic mass is 19.1. The molecule has 5 atom stereocenters. The summed E-state index contributed by atoms with van der Waals surface area (Å²) in [5.74, 6) is -1.39. The van der Waals surface area contributed by atoms with Crippen molar-refractivity contribution in [2.75, 3.05) is 26.8 Å². The molecule has 0 unspecified atom stereocenters. The van der Waals surface area contributed by atoms with Crippen LogP contribution >= 0.6 is 0 Å². The largest absolute Gasteiger partial charge is 0.497 e. The SMILES string of the molecule is C=CCO[C@@H]1C[C@H](NC[C@@H](O)[C@H](Cc2cc(F)cc(F)c2)NC(=O)[C@H](CC=C)N2CCCC2=O)c2cc(OC)ccc21. The van der Waals surface area contributed by atoms with Crippen molar-refractivity contribution >= 4 is 11.8 Å². The molecule has 1 aliphatic heterocycles. The highest BCUT2D eigenvalue weighted by molar-refractivity contribution is 5.89. The number of nitrogens with one attached hydrogen (secondary N) is 2. The number of rotatable bonds is 15. The fourth-order valence-corrected chi connectivity index (χ4v) is 5.76. The maximum Gasteiger partial charge on any atom is 0.243 e. The molecule has 1 saturated heterocycles. The fraction of sp³-hybridized carbons (Fsp3) is 0.438. The molecule has 0 saturated carbocycles. The Morgan fingerprint density at radius 3 is 2.57 bits per heavy atom. The molecule has 10 heteroatoms. The molecule has 2 aliphatic rings. The lowest BCUT2D eigenvalue weighted by Crippen LogP contribution is -2.55. The molecular formula is C32H39F2N3O5. The Labute approximate surface area is 245 Å². The molecule has 2 aromatic rings. The second kappa shape index (κ2) is 14.5. The number of aliphatic hydroxyl groups excluding tert-OH is 1. The number of hydrogen-bond acceptors (Lipinski definition) is 6. The van der Waals surface area contributed by atoms with E-state index in [0.29, 0.717) is 38.2 Å². The molecule has 0 bridgehead atoms. The summed E-state index contributed by atoms with van der Waals surface area (Å²) in [6.07, 6.45) is 3.77.